The molecule has 0 aliphatic rings. The molecule has 0 N–H and O–H groups in total. The molecule has 0 saturated heterocycles. The first-order chi connectivity index (χ1) is 13.7. The number of benzene rings is 3. The molecular formula is C25H20N2O. The number of nitriles is 1. The normalized spacial score (nSPS) is 10.7. The molecule has 0 amide bonds. The van der Waals surface area contributed by atoms with E-state index in [4.69, 9.17) is 0 Å². The number of aryl methyl sites for hydroxylation is 1. The SMILES string of the molecule is Cc1ccc(Cn2cc(CC(=O)c3ccccc3C#N)c3ccccc32)cc1. The minimum absolute atomic E-state index is 0.0320. The Morgan fingerprint density at radius 3 is 2.46 bits per heavy atom. The number of hydrogen-bond donors (Lipinski definition) is 0. The summed E-state index contributed by atoms with van der Waals surface area (Å²) in [6.45, 7) is 2.83. The molecule has 0 saturated carbocycles. The Morgan fingerprint density at radius 1 is 0.964 bits per heavy atom. The predicted octanol–water partition coefficient (Wildman–Crippen LogP) is 5.30. The van der Waals surface area contributed by atoms with Crippen molar-refractivity contribution in [2.45, 2.75) is 19.9 Å². The number of carbonyl (C=O) groups excluding carboxylic acids is 1. The van der Waals surface area contributed by atoms with Crippen LogP contribution in [0.5, 0.6) is 0 Å². The number of ketones is 1. The van der Waals surface area contributed by atoms with Gasteiger partial charge in [-0.05, 0) is 30.2 Å². The molecule has 0 unspecified atom stereocenters. The molecule has 4 rings (SSSR count). The van der Waals surface area contributed by atoms with Gasteiger partial charge in [0.2, 0.25) is 0 Å². The maximum Gasteiger partial charge on any atom is 0.168 e. The molecule has 28 heavy (non-hydrogen) atoms. The van der Waals surface area contributed by atoms with Crippen LogP contribution in [0.4, 0.5) is 0 Å². The molecule has 1 heterocycles. The molecule has 3 heteroatoms. The van der Waals surface area contributed by atoms with Crippen LogP contribution in [0.25, 0.3) is 10.9 Å². The summed E-state index contributed by atoms with van der Waals surface area (Å²) < 4.78 is 2.19. The minimum atomic E-state index is -0.0320. The molecule has 3 nitrogen and oxygen atoms in total. The lowest BCUT2D eigenvalue weighted by atomic mass is 9.99. The second-order valence-electron chi connectivity index (χ2n) is 7.04. The summed E-state index contributed by atoms with van der Waals surface area (Å²) in [5.74, 6) is -0.0320. The number of carbonyl (C=O) groups is 1. The van der Waals surface area contributed by atoms with Crippen LogP contribution in [0.1, 0.15) is 32.6 Å². The van der Waals surface area contributed by atoms with E-state index in [1.807, 2.05) is 12.1 Å². The number of fused-ring (bicyclic) bond motifs is 1. The Labute approximate surface area is 164 Å². The van der Waals surface area contributed by atoms with Crippen molar-refractivity contribution >= 4 is 16.7 Å². The highest BCUT2D eigenvalue weighted by atomic mass is 16.1. The van der Waals surface area contributed by atoms with E-state index in [1.54, 1.807) is 24.3 Å². The lowest BCUT2D eigenvalue weighted by Gasteiger charge is -2.06. The van der Waals surface area contributed by atoms with E-state index in [9.17, 15) is 10.1 Å². The van der Waals surface area contributed by atoms with Crippen molar-refractivity contribution in [1.82, 2.24) is 4.57 Å². The zero-order valence-corrected chi connectivity index (χ0v) is 15.7. The molecule has 0 aliphatic heterocycles. The maximum atomic E-state index is 12.9. The van der Waals surface area contributed by atoms with Gasteiger partial charge in [-0.15, -0.1) is 0 Å². The van der Waals surface area contributed by atoms with E-state index in [2.05, 4.69) is 60.2 Å². The van der Waals surface area contributed by atoms with Gasteiger partial charge in [0.25, 0.3) is 0 Å². The van der Waals surface area contributed by atoms with Gasteiger partial charge in [0.1, 0.15) is 0 Å². The average Bonchev–Trinajstić information content (AvgIpc) is 3.07. The highest BCUT2D eigenvalue weighted by molar-refractivity contribution is 6.01. The van der Waals surface area contributed by atoms with Gasteiger partial charge in [0.15, 0.2) is 5.78 Å². The molecule has 4 aromatic rings. The first-order valence-corrected chi connectivity index (χ1v) is 9.30. The third kappa shape index (κ3) is 3.45. The molecule has 0 radical (unpaired) electrons. The summed E-state index contributed by atoms with van der Waals surface area (Å²) in [6.07, 6.45) is 2.34. The monoisotopic (exact) mass is 364 g/mol. The average molecular weight is 364 g/mol. The molecule has 0 fully saturated rings. The second kappa shape index (κ2) is 7.54. The zero-order valence-electron chi connectivity index (χ0n) is 15.7. The van der Waals surface area contributed by atoms with E-state index >= 15 is 0 Å². The van der Waals surface area contributed by atoms with Crippen LogP contribution in [0, 0.1) is 18.3 Å². The van der Waals surface area contributed by atoms with Crippen LogP contribution < -0.4 is 0 Å². The Kier molecular flexibility index (Phi) is 4.78. The van der Waals surface area contributed by atoms with Crippen molar-refractivity contribution in [1.29, 1.82) is 5.26 Å². The van der Waals surface area contributed by atoms with E-state index in [0.717, 1.165) is 23.0 Å². The van der Waals surface area contributed by atoms with Crippen LogP contribution in [0.3, 0.4) is 0 Å². The van der Waals surface area contributed by atoms with Gasteiger partial charge in [-0.25, -0.2) is 0 Å². The first kappa shape index (κ1) is 17.8. The summed E-state index contributed by atoms with van der Waals surface area (Å²) in [5, 5.41) is 10.4. The van der Waals surface area contributed by atoms with Crippen LogP contribution >= 0.6 is 0 Å². The fourth-order valence-corrected chi connectivity index (χ4v) is 3.58. The summed E-state index contributed by atoms with van der Waals surface area (Å²) in [6, 6.07) is 25.8. The summed E-state index contributed by atoms with van der Waals surface area (Å²) >= 11 is 0. The van der Waals surface area contributed by atoms with E-state index < -0.39 is 0 Å². The molecular weight excluding hydrogens is 344 g/mol. The Bertz CT molecular complexity index is 1190. The molecule has 0 atom stereocenters. The van der Waals surface area contributed by atoms with Crippen molar-refractivity contribution < 1.29 is 4.79 Å². The molecule has 0 spiro atoms. The number of para-hydroxylation sites is 1. The minimum Gasteiger partial charge on any atom is -0.343 e. The fourth-order valence-electron chi connectivity index (χ4n) is 3.58. The summed E-state index contributed by atoms with van der Waals surface area (Å²) in [4.78, 5) is 12.9. The number of hydrogen-bond acceptors (Lipinski definition) is 2. The van der Waals surface area contributed by atoms with Crippen molar-refractivity contribution in [3.63, 3.8) is 0 Å². The quantitative estimate of drug-likeness (QED) is 0.451. The lowest BCUT2D eigenvalue weighted by Crippen LogP contribution is -2.05. The molecule has 0 aliphatic carbocycles. The highest BCUT2D eigenvalue weighted by Gasteiger charge is 2.15. The van der Waals surface area contributed by atoms with Gasteiger partial charge in [0.05, 0.1) is 11.6 Å². The summed E-state index contributed by atoms with van der Waals surface area (Å²) in [7, 11) is 0. The third-order valence-corrected chi connectivity index (χ3v) is 5.04. The fraction of sp³-hybridized carbons (Fsp3) is 0.120. The molecule has 3 aromatic carbocycles. The largest absolute Gasteiger partial charge is 0.343 e. The smallest absolute Gasteiger partial charge is 0.168 e. The van der Waals surface area contributed by atoms with Crippen LogP contribution in [-0.2, 0) is 13.0 Å². The number of Topliss-reactive ketones (excluding diaryl/α,β-unsaturated/α-hetero) is 1. The Morgan fingerprint density at radius 2 is 1.68 bits per heavy atom. The van der Waals surface area contributed by atoms with E-state index in [0.29, 0.717) is 11.1 Å². The van der Waals surface area contributed by atoms with E-state index in [1.165, 1.54) is 11.1 Å². The van der Waals surface area contributed by atoms with Gasteiger partial charge in [-0.3, -0.25) is 4.79 Å². The van der Waals surface area contributed by atoms with Crippen LogP contribution in [0.15, 0.2) is 79.0 Å². The molecule has 0 bridgehead atoms. The Balaban J connectivity index is 1.69. The summed E-state index contributed by atoms with van der Waals surface area (Å²) in [5.41, 5.74) is 5.47. The topological polar surface area (TPSA) is 45.8 Å². The third-order valence-electron chi connectivity index (χ3n) is 5.04. The number of nitrogens with zero attached hydrogens (tertiary/aromatic N) is 2. The van der Waals surface area contributed by atoms with Gasteiger partial charge in [0, 0.05) is 35.6 Å². The van der Waals surface area contributed by atoms with Crippen molar-refractivity contribution in [2.75, 3.05) is 0 Å². The molecule has 1 aromatic heterocycles. The maximum absolute atomic E-state index is 12.9. The first-order valence-electron chi connectivity index (χ1n) is 9.30. The van der Waals surface area contributed by atoms with Crippen molar-refractivity contribution in [3.8, 4) is 6.07 Å². The van der Waals surface area contributed by atoms with Gasteiger partial charge < -0.3 is 4.57 Å². The molecule has 136 valence electrons. The van der Waals surface area contributed by atoms with E-state index in [-0.39, 0.29) is 12.2 Å². The van der Waals surface area contributed by atoms with Gasteiger partial charge >= 0.3 is 0 Å². The van der Waals surface area contributed by atoms with Crippen molar-refractivity contribution in [2.24, 2.45) is 0 Å². The second-order valence-corrected chi connectivity index (χ2v) is 7.04. The van der Waals surface area contributed by atoms with Gasteiger partial charge in [-0.1, -0.05) is 66.2 Å². The highest BCUT2D eigenvalue weighted by Crippen LogP contribution is 2.24. The number of aromatic nitrogens is 1. The number of rotatable bonds is 5. The van der Waals surface area contributed by atoms with Gasteiger partial charge in [-0.2, -0.15) is 5.26 Å². The lowest BCUT2D eigenvalue weighted by molar-refractivity contribution is 0.0993. The standard InChI is InChI=1S/C25H20N2O/c1-18-10-12-19(13-11-18)16-27-17-21(22-7-4-5-9-24(22)27)14-25(28)23-8-3-2-6-20(23)15-26/h2-13,17H,14,16H2,1H3. The van der Waals surface area contributed by atoms with Crippen molar-refractivity contribution in [3.05, 3.63) is 107 Å². The van der Waals surface area contributed by atoms with Crippen LogP contribution in [-0.4, -0.2) is 10.4 Å². The zero-order chi connectivity index (χ0) is 19.5. The Hall–Kier alpha value is -3.64. The van der Waals surface area contributed by atoms with Crippen LogP contribution in [0.2, 0.25) is 0 Å². The predicted molar refractivity (Wildman–Crippen MR) is 111 cm³/mol.